The number of amides is 1. The summed E-state index contributed by atoms with van der Waals surface area (Å²) in [6.07, 6.45) is -5.69. The topological polar surface area (TPSA) is 77.8 Å². The number of rotatable bonds is 7. The third kappa shape index (κ3) is 7.40. The second-order valence-electron chi connectivity index (χ2n) is 11.6. The molecule has 0 aromatic heterocycles. The molecule has 12 heteroatoms. The van der Waals surface area contributed by atoms with E-state index >= 15 is 0 Å². The van der Waals surface area contributed by atoms with Gasteiger partial charge in [-0.3, -0.25) is 4.79 Å². The largest absolute Gasteiger partial charge is 0.440 e. The van der Waals surface area contributed by atoms with Crippen molar-refractivity contribution in [2.75, 3.05) is 10.3 Å². The molecule has 2 aliphatic rings. The van der Waals surface area contributed by atoms with Crippen LogP contribution in [0.2, 0.25) is 0 Å². The van der Waals surface area contributed by atoms with E-state index in [2.05, 4.69) is 10.4 Å². The Morgan fingerprint density at radius 1 is 0.804 bits per heavy atom. The molecule has 51 heavy (non-hydrogen) atoms. The average molecular weight is 699 g/mol. The Morgan fingerprint density at radius 2 is 1.35 bits per heavy atom. The first-order chi connectivity index (χ1) is 24.2. The van der Waals surface area contributed by atoms with Crippen LogP contribution in [-0.4, -0.2) is 17.3 Å². The van der Waals surface area contributed by atoms with E-state index in [0.29, 0.717) is 33.7 Å². The Kier molecular flexibility index (Phi) is 9.26. The molecule has 258 valence electrons. The van der Waals surface area contributed by atoms with Crippen molar-refractivity contribution in [2.45, 2.75) is 26.2 Å². The molecule has 0 fully saturated rings. The number of anilines is 2. The molecule has 2 N–H and O–H groups in total. The quantitative estimate of drug-likeness (QED) is 0.115. The molecular formula is C39H28F6N4O2. The number of carbonyl (C=O) groups is 1. The number of hydrazone groups is 1. The molecule has 4 aromatic rings. The molecule has 0 saturated heterocycles. The van der Waals surface area contributed by atoms with Crippen LogP contribution in [0.5, 0.6) is 0 Å². The second kappa shape index (κ2) is 13.6. The zero-order valence-corrected chi connectivity index (χ0v) is 27.0. The van der Waals surface area contributed by atoms with Gasteiger partial charge in [0.25, 0.3) is 5.91 Å². The molecule has 0 bridgehead atoms. The lowest BCUT2D eigenvalue weighted by atomic mass is 9.90. The van der Waals surface area contributed by atoms with Gasteiger partial charge in [0.2, 0.25) is 5.88 Å². The lowest BCUT2D eigenvalue weighted by Gasteiger charge is -2.25. The fourth-order valence-electron chi connectivity index (χ4n) is 5.60. The molecule has 4 aromatic carbocycles. The highest BCUT2D eigenvalue weighted by molar-refractivity contribution is 6.34. The van der Waals surface area contributed by atoms with Crippen molar-refractivity contribution in [1.29, 1.82) is 5.41 Å². The number of nitrogens with zero attached hydrogens (tertiary/aromatic N) is 2. The molecule has 0 aliphatic carbocycles. The Labute approximate surface area is 288 Å². The van der Waals surface area contributed by atoms with Gasteiger partial charge >= 0.3 is 12.4 Å². The summed E-state index contributed by atoms with van der Waals surface area (Å²) in [5.41, 5.74) is 1.61. The first kappa shape index (κ1) is 34.7. The Hall–Kier alpha value is -6.17. The average Bonchev–Trinajstić information content (AvgIpc) is 3.40. The van der Waals surface area contributed by atoms with E-state index in [4.69, 9.17) is 10.1 Å². The lowest BCUT2D eigenvalue weighted by Crippen LogP contribution is -2.22. The zero-order valence-electron chi connectivity index (χ0n) is 27.0. The van der Waals surface area contributed by atoms with Crippen LogP contribution in [0.3, 0.4) is 0 Å². The van der Waals surface area contributed by atoms with E-state index in [9.17, 15) is 31.1 Å². The third-order valence-corrected chi connectivity index (χ3v) is 8.03. The lowest BCUT2D eigenvalue weighted by molar-refractivity contribution is -0.138. The zero-order chi connectivity index (χ0) is 36.5. The summed E-state index contributed by atoms with van der Waals surface area (Å²) in [5, 5.41) is 17.2. The minimum atomic E-state index is -4.56. The minimum Gasteiger partial charge on any atom is -0.440 e. The maximum absolute atomic E-state index is 14.1. The summed E-state index contributed by atoms with van der Waals surface area (Å²) in [4.78, 5) is 14.1. The van der Waals surface area contributed by atoms with Crippen LogP contribution in [-0.2, 0) is 21.9 Å². The monoisotopic (exact) mass is 698 g/mol. The molecule has 2 heterocycles. The number of ether oxygens (including phenoxy) is 1. The molecule has 6 rings (SSSR count). The summed E-state index contributed by atoms with van der Waals surface area (Å²) >= 11 is 0. The van der Waals surface area contributed by atoms with Crippen molar-refractivity contribution in [3.05, 3.63) is 166 Å². The standard InChI is InChI=1S/C39H28F6N4O2/c1-23(46)34-27(22-33(26-11-7-4-8-12-26)51-36(34)47-30-17-13-28(14-18-30)38(40,41)42)21-32(25-9-5-3-6-10-25)35-24(2)48-49(37(35)50)31-19-15-29(16-20-31)39(43,44)45/h3-22,46-47H,1-2H3/b27-21+,35-32+,46-23?. The van der Waals surface area contributed by atoms with E-state index in [0.717, 1.165) is 29.3 Å². The van der Waals surface area contributed by atoms with Gasteiger partial charge in [0.15, 0.2) is 0 Å². The summed E-state index contributed by atoms with van der Waals surface area (Å²) in [6.45, 7) is 3.14. The second-order valence-corrected chi connectivity index (χ2v) is 11.6. The smallest absolute Gasteiger partial charge is 0.416 e. The van der Waals surface area contributed by atoms with Crippen LogP contribution in [0.25, 0.3) is 11.3 Å². The fraction of sp³-hybridized carbons (Fsp3) is 0.103. The van der Waals surface area contributed by atoms with Crippen LogP contribution in [0, 0.1) is 5.41 Å². The van der Waals surface area contributed by atoms with Crippen LogP contribution >= 0.6 is 0 Å². The van der Waals surface area contributed by atoms with Crippen molar-refractivity contribution in [3.63, 3.8) is 0 Å². The van der Waals surface area contributed by atoms with Crippen molar-refractivity contribution in [1.82, 2.24) is 0 Å². The van der Waals surface area contributed by atoms with Gasteiger partial charge in [0.1, 0.15) is 5.76 Å². The highest BCUT2D eigenvalue weighted by atomic mass is 19.4. The Bertz CT molecular complexity index is 2150. The number of nitrogens with one attached hydrogen (secondary N) is 2. The number of halogens is 6. The normalized spacial score (nSPS) is 16.9. The van der Waals surface area contributed by atoms with Gasteiger partial charge in [0, 0.05) is 17.0 Å². The number of carbonyl (C=O) groups excluding carboxylic acids is 1. The number of hydrogen-bond donors (Lipinski definition) is 2. The van der Waals surface area contributed by atoms with E-state index in [-0.39, 0.29) is 34.1 Å². The van der Waals surface area contributed by atoms with E-state index in [1.807, 2.05) is 6.07 Å². The minimum absolute atomic E-state index is 0.0472. The maximum atomic E-state index is 14.1. The van der Waals surface area contributed by atoms with Gasteiger partial charge in [-0.05, 0) is 91.2 Å². The van der Waals surface area contributed by atoms with Crippen molar-refractivity contribution < 1.29 is 35.9 Å². The molecule has 1 amide bonds. The molecule has 0 saturated carbocycles. The maximum Gasteiger partial charge on any atom is 0.416 e. The summed E-state index contributed by atoms with van der Waals surface area (Å²) in [7, 11) is 0. The van der Waals surface area contributed by atoms with Gasteiger partial charge in [-0.1, -0.05) is 60.7 Å². The number of alkyl halides is 6. The highest BCUT2D eigenvalue weighted by Gasteiger charge is 2.35. The number of benzene rings is 4. The Morgan fingerprint density at radius 3 is 1.90 bits per heavy atom. The fourth-order valence-corrected chi connectivity index (χ4v) is 5.60. The van der Waals surface area contributed by atoms with Crippen LogP contribution in [0.15, 0.2) is 149 Å². The molecule has 0 unspecified atom stereocenters. The Balaban J connectivity index is 1.52. The predicted molar refractivity (Wildman–Crippen MR) is 184 cm³/mol. The van der Waals surface area contributed by atoms with Crippen LogP contribution in [0.1, 0.15) is 36.1 Å². The van der Waals surface area contributed by atoms with Crippen molar-refractivity contribution in [2.24, 2.45) is 5.10 Å². The SMILES string of the molecule is CC(=N)C1=C(Nc2ccc(C(F)(F)F)cc2)OC(c2ccccc2)=C/C1=C\C(=C1/C(=O)N(c2ccc(C(F)(F)F)cc2)N=C1C)c1ccccc1. The molecule has 2 aliphatic heterocycles. The van der Waals surface area contributed by atoms with E-state index in [1.165, 1.54) is 31.2 Å². The summed E-state index contributed by atoms with van der Waals surface area (Å²) in [5.74, 6) is -0.155. The molecule has 0 radical (unpaired) electrons. The number of hydrogen-bond acceptors (Lipinski definition) is 5. The summed E-state index contributed by atoms with van der Waals surface area (Å²) in [6, 6.07) is 26.4. The van der Waals surface area contributed by atoms with Crippen LogP contribution in [0.4, 0.5) is 37.7 Å². The highest BCUT2D eigenvalue weighted by Crippen LogP contribution is 2.38. The molecule has 0 atom stereocenters. The third-order valence-electron chi connectivity index (χ3n) is 8.03. The van der Waals surface area contributed by atoms with E-state index < -0.39 is 29.4 Å². The van der Waals surface area contributed by atoms with Crippen molar-refractivity contribution in [3.8, 4) is 0 Å². The van der Waals surface area contributed by atoms with Gasteiger partial charge < -0.3 is 15.5 Å². The first-order valence-corrected chi connectivity index (χ1v) is 15.5. The molecule has 6 nitrogen and oxygen atoms in total. The summed E-state index contributed by atoms with van der Waals surface area (Å²) < 4.78 is 85.9. The first-order valence-electron chi connectivity index (χ1n) is 15.5. The van der Waals surface area contributed by atoms with Gasteiger partial charge in [-0.2, -0.15) is 36.5 Å². The predicted octanol–water partition coefficient (Wildman–Crippen LogP) is 10.3. The van der Waals surface area contributed by atoms with Crippen molar-refractivity contribution >= 4 is 40.0 Å². The van der Waals surface area contributed by atoms with Crippen LogP contribution < -0.4 is 10.3 Å². The van der Waals surface area contributed by atoms with E-state index in [1.54, 1.807) is 73.7 Å². The number of allylic oxidation sites excluding steroid dienone is 5. The molecular weight excluding hydrogens is 670 g/mol. The van der Waals surface area contributed by atoms with Gasteiger partial charge in [0.05, 0.1) is 33.7 Å². The molecule has 0 spiro atoms. The van der Waals surface area contributed by atoms with Gasteiger partial charge in [-0.25, -0.2) is 0 Å². The van der Waals surface area contributed by atoms with Gasteiger partial charge in [-0.15, -0.1) is 0 Å².